The lowest BCUT2D eigenvalue weighted by Crippen LogP contribution is -2.14. The summed E-state index contributed by atoms with van der Waals surface area (Å²) >= 11 is 0. The monoisotopic (exact) mass is 395 g/mol. The average Bonchev–Trinajstić information content (AvgIpc) is 2.69. The summed E-state index contributed by atoms with van der Waals surface area (Å²) in [4.78, 5) is 33.7. The molecule has 0 spiro atoms. The van der Waals surface area contributed by atoms with Crippen LogP contribution >= 0.6 is 0 Å². The number of rotatable bonds is 7. The van der Waals surface area contributed by atoms with E-state index in [1.54, 1.807) is 30.3 Å². The van der Waals surface area contributed by atoms with E-state index in [-0.39, 0.29) is 22.9 Å². The SMILES string of the molecule is COc1ccc([N+](=O)[O-])cc1N/C=C(/C#N)C(=O)Nc1ccc(NC(C)=O)cc1. The van der Waals surface area contributed by atoms with E-state index in [9.17, 15) is 25.0 Å². The van der Waals surface area contributed by atoms with Gasteiger partial charge >= 0.3 is 0 Å². The van der Waals surface area contributed by atoms with Gasteiger partial charge in [0.25, 0.3) is 11.6 Å². The largest absolute Gasteiger partial charge is 0.495 e. The zero-order valence-electron chi connectivity index (χ0n) is 15.6. The summed E-state index contributed by atoms with van der Waals surface area (Å²) in [5.41, 5.74) is 0.763. The van der Waals surface area contributed by atoms with Gasteiger partial charge < -0.3 is 20.7 Å². The molecule has 10 nitrogen and oxygen atoms in total. The van der Waals surface area contributed by atoms with Gasteiger partial charge in [0, 0.05) is 36.6 Å². The van der Waals surface area contributed by atoms with Gasteiger partial charge in [0.05, 0.1) is 17.7 Å². The third-order valence-corrected chi connectivity index (χ3v) is 3.59. The number of nitrogens with zero attached hydrogens (tertiary/aromatic N) is 2. The maximum Gasteiger partial charge on any atom is 0.271 e. The quantitative estimate of drug-likeness (QED) is 0.282. The van der Waals surface area contributed by atoms with Gasteiger partial charge in [-0.25, -0.2) is 0 Å². The topological polar surface area (TPSA) is 146 Å². The lowest BCUT2D eigenvalue weighted by molar-refractivity contribution is -0.384. The molecule has 2 aromatic carbocycles. The number of anilines is 3. The van der Waals surface area contributed by atoms with Crippen molar-refractivity contribution in [3.8, 4) is 11.8 Å². The Morgan fingerprint density at radius 2 is 1.76 bits per heavy atom. The number of methoxy groups -OCH3 is 1. The van der Waals surface area contributed by atoms with Gasteiger partial charge in [-0.2, -0.15) is 5.26 Å². The molecule has 0 fully saturated rings. The number of nitrogens with one attached hydrogen (secondary N) is 3. The van der Waals surface area contributed by atoms with Gasteiger partial charge in [0.15, 0.2) is 0 Å². The second-order valence-electron chi connectivity index (χ2n) is 5.67. The number of hydrogen-bond donors (Lipinski definition) is 3. The average molecular weight is 395 g/mol. The van der Waals surface area contributed by atoms with Gasteiger partial charge in [-0.15, -0.1) is 0 Å². The highest BCUT2D eigenvalue weighted by molar-refractivity contribution is 6.06. The summed E-state index contributed by atoms with van der Waals surface area (Å²) in [7, 11) is 1.39. The van der Waals surface area contributed by atoms with E-state index in [2.05, 4.69) is 16.0 Å². The molecule has 3 N–H and O–H groups in total. The van der Waals surface area contributed by atoms with Crippen LogP contribution in [-0.2, 0) is 9.59 Å². The second-order valence-corrected chi connectivity index (χ2v) is 5.67. The van der Waals surface area contributed by atoms with E-state index in [0.717, 1.165) is 6.20 Å². The molecule has 0 aromatic heterocycles. The van der Waals surface area contributed by atoms with Gasteiger partial charge in [0.2, 0.25) is 5.91 Å². The number of nitro groups is 1. The first-order chi connectivity index (χ1) is 13.8. The first kappa shape index (κ1) is 20.9. The Labute approximate surface area is 165 Å². The predicted octanol–water partition coefficient (Wildman–Crippen LogP) is 3.02. The lowest BCUT2D eigenvalue weighted by atomic mass is 10.2. The Kier molecular flexibility index (Phi) is 6.86. The number of hydrogen-bond acceptors (Lipinski definition) is 7. The van der Waals surface area contributed by atoms with Crippen LogP contribution in [0.5, 0.6) is 5.75 Å². The van der Waals surface area contributed by atoms with Crippen molar-refractivity contribution in [1.29, 1.82) is 5.26 Å². The van der Waals surface area contributed by atoms with Crippen LogP contribution in [0.2, 0.25) is 0 Å². The number of amides is 2. The zero-order valence-corrected chi connectivity index (χ0v) is 15.6. The molecule has 0 bridgehead atoms. The molecule has 0 aliphatic carbocycles. The number of ether oxygens (including phenoxy) is 1. The van der Waals surface area contributed by atoms with E-state index in [4.69, 9.17) is 4.74 Å². The molecule has 0 aliphatic rings. The van der Waals surface area contributed by atoms with Gasteiger partial charge in [-0.1, -0.05) is 0 Å². The number of nitriles is 1. The Balaban J connectivity index is 2.14. The first-order valence-electron chi connectivity index (χ1n) is 8.22. The van der Waals surface area contributed by atoms with Crippen molar-refractivity contribution in [3.05, 3.63) is 64.4 Å². The van der Waals surface area contributed by atoms with Gasteiger partial charge in [0.1, 0.15) is 17.4 Å². The third-order valence-electron chi connectivity index (χ3n) is 3.59. The molecule has 0 heterocycles. The number of carbonyl (C=O) groups is 2. The van der Waals surface area contributed by atoms with Gasteiger partial charge in [-0.05, 0) is 30.3 Å². The summed E-state index contributed by atoms with van der Waals surface area (Å²) in [6.45, 7) is 1.38. The molecule has 0 saturated heterocycles. The number of nitro benzene ring substituents is 1. The molecular formula is C19H17N5O5. The highest BCUT2D eigenvalue weighted by Gasteiger charge is 2.13. The molecule has 2 aromatic rings. The normalized spacial score (nSPS) is 10.4. The number of benzene rings is 2. The van der Waals surface area contributed by atoms with Crippen LogP contribution in [0.15, 0.2) is 54.2 Å². The van der Waals surface area contributed by atoms with Crippen LogP contribution in [-0.4, -0.2) is 23.8 Å². The van der Waals surface area contributed by atoms with Crippen LogP contribution in [0, 0.1) is 21.4 Å². The predicted molar refractivity (Wildman–Crippen MR) is 106 cm³/mol. The Morgan fingerprint density at radius 1 is 1.14 bits per heavy atom. The fraction of sp³-hybridized carbons (Fsp3) is 0.105. The van der Waals surface area contributed by atoms with Gasteiger partial charge in [-0.3, -0.25) is 19.7 Å². The van der Waals surface area contributed by atoms with Crippen LogP contribution in [0.25, 0.3) is 0 Å². The maximum absolute atomic E-state index is 12.3. The van der Waals surface area contributed by atoms with Crippen molar-refractivity contribution < 1.29 is 19.2 Å². The molecule has 2 amide bonds. The molecule has 0 atom stereocenters. The molecule has 0 unspecified atom stereocenters. The van der Waals surface area contributed by atoms with E-state index in [0.29, 0.717) is 17.1 Å². The van der Waals surface area contributed by atoms with Crippen molar-refractivity contribution in [2.45, 2.75) is 6.92 Å². The fourth-order valence-corrected chi connectivity index (χ4v) is 2.26. The minimum absolute atomic E-state index is 0.177. The smallest absolute Gasteiger partial charge is 0.271 e. The van der Waals surface area contributed by atoms with Crippen molar-refractivity contribution >= 4 is 34.6 Å². The van der Waals surface area contributed by atoms with E-state index in [1.807, 2.05) is 0 Å². The zero-order chi connectivity index (χ0) is 21.4. The van der Waals surface area contributed by atoms with E-state index in [1.165, 1.54) is 32.2 Å². The standard InChI is InChI=1S/C19H17N5O5/c1-12(25)22-14-3-5-15(6-4-14)23-19(26)13(10-20)11-21-17-9-16(24(27)28)7-8-18(17)29-2/h3-9,11,21H,1-2H3,(H,22,25)(H,23,26)/b13-11-. The van der Waals surface area contributed by atoms with E-state index >= 15 is 0 Å². The van der Waals surface area contributed by atoms with Crippen LogP contribution in [0.4, 0.5) is 22.7 Å². The Bertz CT molecular complexity index is 1010. The lowest BCUT2D eigenvalue weighted by Gasteiger charge is -2.09. The first-order valence-corrected chi connectivity index (χ1v) is 8.22. The molecule has 29 heavy (non-hydrogen) atoms. The summed E-state index contributed by atoms with van der Waals surface area (Å²) in [5, 5.41) is 28.0. The van der Waals surface area contributed by atoms with Crippen molar-refractivity contribution in [2.24, 2.45) is 0 Å². The minimum atomic E-state index is -0.684. The third kappa shape index (κ3) is 5.80. The summed E-state index contributed by atoms with van der Waals surface area (Å²) < 4.78 is 5.11. The number of carbonyl (C=O) groups excluding carboxylic acids is 2. The van der Waals surface area contributed by atoms with E-state index < -0.39 is 10.8 Å². The maximum atomic E-state index is 12.3. The summed E-state index contributed by atoms with van der Waals surface area (Å²) in [5.74, 6) is -0.603. The van der Waals surface area contributed by atoms with Crippen LogP contribution < -0.4 is 20.7 Å². The molecular weight excluding hydrogens is 378 g/mol. The Hall–Kier alpha value is -4.39. The molecule has 0 radical (unpaired) electrons. The summed E-state index contributed by atoms with van der Waals surface area (Å²) in [6, 6.07) is 12.0. The summed E-state index contributed by atoms with van der Waals surface area (Å²) in [6.07, 6.45) is 1.13. The molecule has 148 valence electrons. The molecule has 10 heteroatoms. The Morgan fingerprint density at radius 3 is 2.28 bits per heavy atom. The second kappa shape index (κ2) is 9.52. The molecule has 2 rings (SSSR count). The number of non-ortho nitro benzene ring substituents is 1. The molecule has 0 saturated carbocycles. The van der Waals surface area contributed by atoms with Crippen LogP contribution in [0.1, 0.15) is 6.92 Å². The highest BCUT2D eigenvalue weighted by atomic mass is 16.6. The fourth-order valence-electron chi connectivity index (χ4n) is 2.26. The van der Waals surface area contributed by atoms with Crippen molar-refractivity contribution in [1.82, 2.24) is 0 Å². The van der Waals surface area contributed by atoms with Crippen molar-refractivity contribution in [3.63, 3.8) is 0 Å². The van der Waals surface area contributed by atoms with Crippen LogP contribution in [0.3, 0.4) is 0 Å². The minimum Gasteiger partial charge on any atom is -0.495 e. The molecule has 0 aliphatic heterocycles. The van der Waals surface area contributed by atoms with Crippen molar-refractivity contribution in [2.75, 3.05) is 23.1 Å². The highest BCUT2D eigenvalue weighted by Crippen LogP contribution is 2.29.